The topological polar surface area (TPSA) is 54.4 Å². The van der Waals surface area contributed by atoms with Crippen LogP contribution < -0.4 is 9.47 Å². The molecule has 0 unspecified atom stereocenters. The molecule has 7 heteroatoms. The molecule has 0 aliphatic carbocycles. The van der Waals surface area contributed by atoms with Crippen molar-refractivity contribution in [3.05, 3.63) is 28.7 Å². The lowest BCUT2D eigenvalue weighted by molar-refractivity contribution is -0.113. The zero-order valence-corrected chi connectivity index (χ0v) is 13.6. The highest BCUT2D eigenvalue weighted by atomic mass is 32.2. The Labute approximate surface area is 138 Å². The van der Waals surface area contributed by atoms with Gasteiger partial charge in [0.25, 0.3) is 5.91 Å². The van der Waals surface area contributed by atoms with E-state index in [1.807, 2.05) is 24.3 Å². The molecule has 1 aromatic rings. The smallest absolute Gasteiger partial charge is 0.286 e. The standard InChI is InChI=1S/C16H17N3O3S/c1-18-4-6-19(7-5-18)16-17-15(20)14(23-16)9-11-2-3-12-13(8-11)22-10-21-12/h2-3,8-9H,4-7,10H2,1H3/b14-9+. The first kappa shape index (κ1) is 14.6. The lowest BCUT2D eigenvalue weighted by Gasteiger charge is -2.32. The Morgan fingerprint density at radius 2 is 1.96 bits per heavy atom. The van der Waals surface area contributed by atoms with Crippen LogP contribution in [-0.4, -0.2) is 60.9 Å². The van der Waals surface area contributed by atoms with Gasteiger partial charge in [-0.2, -0.15) is 4.99 Å². The fourth-order valence-electron chi connectivity index (χ4n) is 2.69. The van der Waals surface area contributed by atoms with Crippen LogP contribution in [-0.2, 0) is 4.79 Å². The van der Waals surface area contributed by atoms with Crippen LogP contribution in [0.15, 0.2) is 28.1 Å². The van der Waals surface area contributed by atoms with Crippen LogP contribution in [0.3, 0.4) is 0 Å². The SMILES string of the molecule is CN1CCN(C2=NC(=O)/C(=C\c3ccc4c(c3)OCO4)S2)CC1. The van der Waals surface area contributed by atoms with Crippen molar-refractivity contribution in [1.82, 2.24) is 9.80 Å². The summed E-state index contributed by atoms with van der Waals surface area (Å²) in [5.74, 6) is 1.29. The first-order chi connectivity index (χ1) is 11.2. The number of carbonyl (C=O) groups is 1. The Hall–Kier alpha value is -1.99. The lowest BCUT2D eigenvalue weighted by atomic mass is 10.2. The molecule has 120 valence electrons. The highest BCUT2D eigenvalue weighted by Crippen LogP contribution is 2.35. The molecule has 1 aromatic carbocycles. The van der Waals surface area contributed by atoms with Gasteiger partial charge in [0.05, 0.1) is 4.91 Å². The molecule has 0 bridgehead atoms. The number of hydrogen-bond donors (Lipinski definition) is 0. The number of carbonyl (C=O) groups excluding carboxylic acids is 1. The number of aliphatic imine (C=N–C) groups is 1. The fourth-order valence-corrected chi connectivity index (χ4v) is 3.65. The van der Waals surface area contributed by atoms with Crippen LogP contribution in [0.25, 0.3) is 6.08 Å². The monoisotopic (exact) mass is 331 g/mol. The molecule has 0 atom stereocenters. The maximum absolute atomic E-state index is 12.2. The minimum absolute atomic E-state index is 0.165. The summed E-state index contributed by atoms with van der Waals surface area (Å²) in [4.78, 5) is 21.5. The van der Waals surface area contributed by atoms with Crippen molar-refractivity contribution in [3.8, 4) is 11.5 Å². The van der Waals surface area contributed by atoms with Gasteiger partial charge < -0.3 is 19.3 Å². The summed E-state index contributed by atoms with van der Waals surface area (Å²) < 4.78 is 10.7. The van der Waals surface area contributed by atoms with Gasteiger partial charge in [-0.15, -0.1) is 0 Å². The number of benzene rings is 1. The maximum Gasteiger partial charge on any atom is 0.286 e. The molecule has 3 aliphatic rings. The van der Waals surface area contributed by atoms with Crippen molar-refractivity contribution in [1.29, 1.82) is 0 Å². The molecule has 0 N–H and O–H groups in total. The molecule has 0 spiro atoms. The summed E-state index contributed by atoms with van der Waals surface area (Å²) in [5.41, 5.74) is 0.917. The second-order valence-electron chi connectivity index (χ2n) is 5.71. The van der Waals surface area contributed by atoms with Crippen molar-refractivity contribution >= 4 is 28.9 Å². The first-order valence-corrected chi connectivity index (χ1v) is 8.36. The largest absolute Gasteiger partial charge is 0.454 e. The van der Waals surface area contributed by atoms with Gasteiger partial charge in [-0.05, 0) is 42.6 Å². The van der Waals surface area contributed by atoms with Crippen molar-refractivity contribution in [2.75, 3.05) is 40.0 Å². The number of piperazine rings is 1. The summed E-state index contributed by atoms with van der Waals surface area (Å²) in [6, 6.07) is 5.67. The summed E-state index contributed by atoms with van der Waals surface area (Å²) >= 11 is 1.45. The maximum atomic E-state index is 12.2. The molecular weight excluding hydrogens is 314 g/mol. The lowest BCUT2D eigenvalue weighted by Crippen LogP contribution is -2.46. The summed E-state index contributed by atoms with van der Waals surface area (Å²) in [6.07, 6.45) is 1.86. The van der Waals surface area contributed by atoms with Gasteiger partial charge in [0, 0.05) is 26.2 Å². The van der Waals surface area contributed by atoms with Crippen LogP contribution in [0.5, 0.6) is 11.5 Å². The molecule has 1 saturated heterocycles. The van der Waals surface area contributed by atoms with E-state index >= 15 is 0 Å². The Balaban J connectivity index is 1.49. The van der Waals surface area contributed by atoms with Crippen LogP contribution in [0.4, 0.5) is 0 Å². The predicted octanol–water partition coefficient (Wildman–Crippen LogP) is 1.63. The van der Waals surface area contributed by atoms with Crippen molar-refractivity contribution < 1.29 is 14.3 Å². The first-order valence-electron chi connectivity index (χ1n) is 7.55. The third-order valence-corrected chi connectivity index (χ3v) is 5.12. The molecule has 0 aromatic heterocycles. The molecule has 0 radical (unpaired) electrons. The molecule has 3 heterocycles. The molecule has 1 fully saturated rings. The van der Waals surface area contributed by atoms with Crippen LogP contribution in [0.2, 0.25) is 0 Å². The van der Waals surface area contributed by atoms with E-state index in [0.29, 0.717) is 4.91 Å². The number of rotatable bonds is 1. The van der Waals surface area contributed by atoms with Gasteiger partial charge in [0.15, 0.2) is 16.7 Å². The average molecular weight is 331 g/mol. The van der Waals surface area contributed by atoms with Crippen LogP contribution in [0.1, 0.15) is 5.56 Å². The van der Waals surface area contributed by atoms with Gasteiger partial charge in [0.2, 0.25) is 6.79 Å². The quantitative estimate of drug-likeness (QED) is 0.729. The van der Waals surface area contributed by atoms with E-state index in [-0.39, 0.29) is 12.7 Å². The second-order valence-corrected chi connectivity index (χ2v) is 6.72. The van der Waals surface area contributed by atoms with Crippen molar-refractivity contribution in [2.24, 2.45) is 4.99 Å². The third-order valence-electron chi connectivity index (χ3n) is 4.08. The van der Waals surface area contributed by atoms with Crippen molar-refractivity contribution in [3.63, 3.8) is 0 Å². The van der Waals surface area contributed by atoms with Gasteiger partial charge in [0.1, 0.15) is 0 Å². The minimum atomic E-state index is -0.165. The second kappa shape index (κ2) is 5.90. The Kier molecular flexibility index (Phi) is 3.74. The molecule has 23 heavy (non-hydrogen) atoms. The molecule has 1 amide bonds. The Bertz CT molecular complexity index is 709. The molecular formula is C16H17N3O3S. The van der Waals surface area contributed by atoms with E-state index in [0.717, 1.165) is 48.4 Å². The molecule has 3 aliphatic heterocycles. The zero-order valence-electron chi connectivity index (χ0n) is 12.8. The Morgan fingerprint density at radius 1 is 1.17 bits per heavy atom. The van der Waals surface area contributed by atoms with Crippen LogP contribution >= 0.6 is 11.8 Å². The van der Waals surface area contributed by atoms with Gasteiger partial charge in [-0.1, -0.05) is 6.07 Å². The van der Waals surface area contributed by atoms with E-state index in [2.05, 4.69) is 21.8 Å². The highest BCUT2D eigenvalue weighted by Gasteiger charge is 2.27. The van der Waals surface area contributed by atoms with E-state index in [4.69, 9.17) is 9.47 Å². The van der Waals surface area contributed by atoms with E-state index in [1.165, 1.54) is 11.8 Å². The highest BCUT2D eigenvalue weighted by molar-refractivity contribution is 8.18. The number of fused-ring (bicyclic) bond motifs is 1. The number of likely N-dealkylation sites (N-methyl/N-ethyl adjacent to an activating group) is 1. The van der Waals surface area contributed by atoms with E-state index in [1.54, 1.807) is 0 Å². The van der Waals surface area contributed by atoms with Crippen molar-refractivity contribution in [2.45, 2.75) is 0 Å². The zero-order chi connectivity index (χ0) is 15.8. The Morgan fingerprint density at radius 3 is 2.78 bits per heavy atom. The fraction of sp³-hybridized carbons (Fsp3) is 0.375. The molecule has 6 nitrogen and oxygen atoms in total. The number of amides is 1. The minimum Gasteiger partial charge on any atom is -0.454 e. The molecule has 0 saturated carbocycles. The van der Waals surface area contributed by atoms with Gasteiger partial charge in [-0.25, -0.2) is 0 Å². The van der Waals surface area contributed by atoms with E-state index in [9.17, 15) is 4.79 Å². The summed E-state index contributed by atoms with van der Waals surface area (Å²) in [5, 5.41) is 0.815. The normalized spacial score (nSPS) is 22.8. The number of ether oxygens (including phenoxy) is 2. The van der Waals surface area contributed by atoms with Crippen LogP contribution in [0, 0.1) is 0 Å². The molecule has 4 rings (SSSR count). The van der Waals surface area contributed by atoms with Gasteiger partial charge in [-0.3, -0.25) is 4.79 Å². The summed E-state index contributed by atoms with van der Waals surface area (Å²) in [6.45, 7) is 4.06. The average Bonchev–Trinajstić information content (AvgIpc) is 3.15. The number of hydrogen-bond acceptors (Lipinski definition) is 6. The predicted molar refractivity (Wildman–Crippen MR) is 89.6 cm³/mol. The number of thioether (sulfide) groups is 1. The number of nitrogens with zero attached hydrogens (tertiary/aromatic N) is 3. The van der Waals surface area contributed by atoms with Gasteiger partial charge >= 0.3 is 0 Å². The number of amidine groups is 1. The summed E-state index contributed by atoms with van der Waals surface area (Å²) in [7, 11) is 2.11. The van der Waals surface area contributed by atoms with E-state index < -0.39 is 0 Å². The third kappa shape index (κ3) is 2.94.